The first-order valence-corrected chi connectivity index (χ1v) is 5.80. The fourth-order valence-electron chi connectivity index (χ4n) is 1.12. The Balaban J connectivity index is 3.50. The summed E-state index contributed by atoms with van der Waals surface area (Å²) in [6.07, 6.45) is 0. The molecule has 92 valence electrons. The first-order valence-electron chi connectivity index (χ1n) is 4.25. The summed E-state index contributed by atoms with van der Waals surface area (Å²) in [4.78, 5) is 21.5. The third kappa shape index (κ3) is 3.02. The highest BCUT2D eigenvalue weighted by Gasteiger charge is 2.17. The lowest BCUT2D eigenvalue weighted by Gasteiger charge is -2.04. The molecule has 0 radical (unpaired) electrons. The maximum Gasteiger partial charge on any atom is 0.337 e. The van der Waals surface area contributed by atoms with Gasteiger partial charge in [-0.2, -0.15) is 0 Å². The van der Waals surface area contributed by atoms with Crippen molar-refractivity contribution in [3.05, 3.63) is 29.3 Å². The van der Waals surface area contributed by atoms with Crippen LogP contribution < -0.4 is 5.14 Å². The van der Waals surface area contributed by atoms with E-state index in [1.807, 2.05) is 0 Å². The van der Waals surface area contributed by atoms with Crippen LogP contribution >= 0.6 is 0 Å². The van der Waals surface area contributed by atoms with Gasteiger partial charge in [0.05, 0.1) is 23.1 Å². The highest BCUT2D eigenvalue weighted by atomic mass is 32.2. The number of nitrogens with two attached hydrogens (primary N) is 1. The summed E-state index contributed by atoms with van der Waals surface area (Å²) in [6, 6.07) is 2.82. The number of aromatic carboxylic acids is 1. The van der Waals surface area contributed by atoms with Gasteiger partial charge < -0.3 is 9.84 Å². The van der Waals surface area contributed by atoms with E-state index in [1.54, 1.807) is 0 Å². The second-order valence-corrected chi connectivity index (χ2v) is 4.65. The Hall–Kier alpha value is -1.93. The number of esters is 1. The number of ether oxygens (including phenoxy) is 1. The van der Waals surface area contributed by atoms with Gasteiger partial charge in [-0.25, -0.2) is 23.1 Å². The molecule has 0 aliphatic heterocycles. The van der Waals surface area contributed by atoms with Gasteiger partial charge in [0.25, 0.3) is 0 Å². The zero-order chi connectivity index (χ0) is 13.2. The molecule has 0 aromatic heterocycles. The van der Waals surface area contributed by atoms with Crippen molar-refractivity contribution in [1.82, 2.24) is 0 Å². The number of sulfonamides is 1. The van der Waals surface area contributed by atoms with Crippen LogP contribution in [0.15, 0.2) is 23.1 Å². The molecule has 0 aliphatic carbocycles. The van der Waals surface area contributed by atoms with Crippen LogP contribution in [0.2, 0.25) is 0 Å². The Labute approximate surface area is 96.9 Å². The SMILES string of the molecule is COC(=O)c1cc(C(=O)O)cc(S(N)(=O)=O)c1. The summed E-state index contributed by atoms with van der Waals surface area (Å²) in [6.45, 7) is 0. The van der Waals surface area contributed by atoms with Crippen molar-refractivity contribution < 1.29 is 27.9 Å². The second-order valence-electron chi connectivity index (χ2n) is 3.09. The van der Waals surface area contributed by atoms with Gasteiger partial charge in [-0.15, -0.1) is 0 Å². The van der Waals surface area contributed by atoms with Crippen LogP contribution in [-0.4, -0.2) is 32.6 Å². The van der Waals surface area contributed by atoms with E-state index in [0.717, 1.165) is 25.3 Å². The van der Waals surface area contributed by atoms with Crippen molar-refractivity contribution in [3.8, 4) is 0 Å². The van der Waals surface area contributed by atoms with Gasteiger partial charge >= 0.3 is 11.9 Å². The fourth-order valence-corrected chi connectivity index (χ4v) is 1.70. The second kappa shape index (κ2) is 4.52. The van der Waals surface area contributed by atoms with E-state index in [2.05, 4.69) is 4.74 Å². The zero-order valence-corrected chi connectivity index (χ0v) is 9.52. The number of carbonyl (C=O) groups is 2. The molecule has 0 fully saturated rings. The summed E-state index contributed by atoms with van der Waals surface area (Å²) < 4.78 is 26.6. The van der Waals surface area contributed by atoms with E-state index >= 15 is 0 Å². The predicted molar refractivity (Wildman–Crippen MR) is 56.1 cm³/mol. The number of methoxy groups -OCH3 is 1. The predicted octanol–water partition coefficient (Wildman–Crippen LogP) is -0.181. The molecule has 0 atom stereocenters. The van der Waals surface area contributed by atoms with Crippen molar-refractivity contribution in [1.29, 1.82) is 0 Å². The van der Waals surface area contributed by atoms with Gasteiger partial charge in [0.1, 0.15) is 0 Å². The molecule has 8 heteroatoms. The van der Waals surface area contributed by atoms with Crippen LogP contribution in [0.25, 0.3) is 0 Å². The highest BCUT2D eigenvalue weighted by molar-refractivity contribution is 7.89. The maximum atomic E-state index is 11.2. The lowest BCUT2D eigenvalue weighted by Crippen LogP contribution is -2.15. The molecule has 0 saturated heterocycles. The van der Waals surface area contributed by atoms with E-state index in [9.17, 15) is 18.0 Å². The largest absolute Gasteiger partial charge is 0.478 e. The third-order valence-electron chi connectivity index (χ3n) is 1.90. The van der Waals surface area contributed by atoms with Crippen molar-refractivity contribution in [2.45, 2.75) is 4.90 Å². The molecule has 3 N–H and O–H groups in total. The van der Waals surface area contributed by atoms with Crippen LogP contribution in [0.3, 0.4) is 0 Å². The number of carbonyl (C=O) groups excluding carboxylic acids is 1. The lowest BCUT2D eigenvalue weighted by molar-refractivity contribution is 0.0600. The standard InChI is InChI=1S/C9H9NO6S/c1-16-9(13)6-2-5(8(11)12)3-7(4-6)17(10,14)15/h2-4H,1H3,(H,11,12)(H2,10,14,15). The molecule has 0 bridgehead atoms. The summed E-state index contributed by atoms with van der Waals surface area (Å²) in [5.41, 5.74) is -0.562. The van der Waals surface area contributed by atoms with Crippen molar-refractivity contribution in [2.24, 2.45) is 5.14 Å². The monoisotopic (exact) mass is 259 g/mol. The molecule has 1 rings (SSSR count). The molecular formula is C9H9NO6S. The fraction of sp³-hybridized carbons (Fsp3) is 0.111. The summed E-state index contributed by atoms with van der Waals surface area (Å²) >= 11 is 0. The van der Waals surface area contributed by atoms with Crippen molar-refractivity contribution in [3.63, 3.8) is 0 Å². The molecule has 1 aromatic rings. The highest BCUT2D eigenvalue weighted by Crippen LogP contribution is 2.15. The van der Waals surface area contributed by atoms with E-state index in [4.69, 9.17) is 10.2 Å². The number of carboxylic acid groups (broad SMARTS) is 1. The summed E-state index contributed by atoms with van der Waals surface area (Å²) in [5.74, 6) is -2.22. The Morgan fingerprint density at radius 3 is 2.18 bits per heavy atom. The number of primary sulfonamides is 1. The Morgan fingerprint density at radius 1 is 1.24 bits per heavy atom. The minimum atomic E-state index is -4.09. The average molecular weight is 259 g/mol. The van der Waals surface area contributed by atoms with Gasteiger partial charge in [0, 0.05) is 0 Å². The molecule has 0 unspecified atom stereocenters. The Kier molecular flexibility index (Phi) is 3.49. The van der Waals surface area contributed by atoms with Gasteiger partial charge in [0.15, 0.2) is 0 Å². The number of benzene rings is 1. The average Bonchev–Trinajstić information content (AvgIpc) is 2.26. The molecule has 0 amide bonds. The smallest absolute Gasteiger partial charge is 0.337 e. The van der Waals surface area contributed by atoms with Gasteiger partial charge in [-0.05, 0) is 18.2 Å². The molecule has 17 heavy (non-hydrogen) atoms. The molecule has 0 heterocycles. The number of carboxylic acids is 1. The molecule has 0 spiro atoms. The molecule has 1 aromatic carbocycles. The Bertz CT molecular complexity index is 577. The van der Waals surface area contributed by atoms with E-state index in [-0.39, 0.29) is 11.1 Å². The van der Waals surface area contributed by atoms with E-state index in [0.29, 0.717) is 0 Å². The summed E-state index contributed by atoms with van der Waals surface area (Å²) in [5, 5.41) is 13.6. The summed E-state index contributed by atoms with van der Waals surface area (Å²) in [7, 11) is -3.00. The van der Waals surface area contributed by atoms with Crippen molar-refractivity contribution >= 4 is 22.0 Å². The van der Waals surface area contributed by atoms with Crippen LogP contribution in [0.1, 0.15) is 20.7 Å². The first-order chi connectivity index (χ1) is 7.75. The minimum Gasteiger partial charge on any atom is -0.478 e. The van der Waals surface area contributed by atoms with Crippen LogP contribution in [0.4, 0.5) is 0 Å². The van der Waals surface area contributed by atoms with Gasteiger partial charge in [-0.1, -0.05) is 0 Å². The van der Waals surface area contributed by atoms with Crippen molar-refractivity contribution in [2.75, 3.05) is 7.11 Å². The quantitative estimate of drug-likeness (QED) is 0.725. The minimum absolute atomic E-state index is 0.198. The van der Waals surface area contributed by atoms with Crippen LogP contribution in [0.5, 0.6) is 0 Å². The maximum absolute atomic E-state index is 11.2. The normalized spacial score (nSPS) is 10.9. The Morgan fingerprint density at radius 2 is 1.76 bits per heavy atom. The van der Waals surface area contributed by atoms with Gasteiger partial charge in [-0.3, -0.25) is 0 Å². The van der Waals surface area contributed by atoms with Gasteiger partial charge in [0.2, 0.25) is 10.0 Å². The lowest BCUT2D eigenvalue weighted by atomic mass is 10.1. The first kappa shape index (κ1) is 13.1. The molecular weight excluding hydrogens is 250 g/mol. The van der Waals surface area contributed by atoms with Crippen LogP contribution in [-0.2, 0) is 14.8 Å². The zero-order valence-electron chi connectivity index (χ0n) is 8.71. The van der Waals surface area contributed by atoms with Crippen LogP contribution in [0, 0.1) is 0 Å². The molecule has 7 nitrogen and oxygen atoms in total. The molecule has 0 aliphatic rings. The number of hydrogen-bond acceptors (Lipinski definition) is 5. The number of hydrogen-bond donors (Lipinski definition) is 2. The molecule has 0 saturated carbocycles. The third-order valence-corrected chi connectivity index (χ3v) is 2.80. The topological polar surface area (TPSA) is 124 Å². The van der Waals surface area contributed by atoms with E-state index in [1.165, 1.54) is 0 Å². The van der Waals surface area contributed by atoms with E-state index < -0.39 is 26.9 Å². The number of rotatable bonds is 3.